The third kappa shape index (κ3) is 4.42. The average molecular weight is 330 g/mol. The first-order valence-corrected chi connectivity index (χ1v) is 7.72. The van der Waals surface area contributed by atoms with E-state index in [1.807, 2.05) is 4.90 Å². The van der Waals surface area contributed by atoms with E-state index in [0.29, 0.717) is 37.2 Å². The molecule has 0 bridgehead atoms. The van der Waals surface area contributed by atoms with E-state index in [2.05, 4.69) is 9.98 Å². The predicted molar refractivity (Wildman–Crippen MR) is 88.4 cm³/mol. The molecule has 126 valence electrons. The molecule has 2 aromatic rings. The highest BCUT2D eigenvalue weighted by Crippen LogP contribution is 2.21. The van der Waals surface area contributed by atoms with Crippen LogP contribution in [0, 0.1) is 5.82 Å². The molecule has 0 saturated carbocycles. The Morgan fingerprint density at radius 2 is 1.96 bits per heavy atom. The van der Waals surface area contributed by atoms with Gasteiger partial charge in [-0.05, 0) is 30.3 Å². The predicted octanol–water partition coefficient (Wildman–Crippen LogP) is 2.16. The number of aliphatic imine (C=N–C) groups is 1. The van der Waals surface area contributed by atoms with Gasteiger partial charge in [-0.3, -0.25) is 4.98 Å². The first-order chi connectivity index (χ1) is 11.7. The Hall–Kier alpha value is -2.67. The first kappa shape index (κ1) is 16.2. The molecule has 24 heavy (non-hydrogen) atoms. The van der Waals surface area contributed by atoms with E-state index in [1.165, 1.54) is 12.1 Å². The lowest BCUT2D eigenvalue weighted by Crippen LogP contribution is -2.44. The van der Waals surface area contributed by atoms with Gasteiger partial charge in [0.1, 0.15) is 17.3 Å². The summed E-state index contributed by atoms with van der Waals surface area (Å²) in [5.74, 6) is 1.37. The summed E-state index contributed by atoms with van der Waals surface area (Å²) < 4.78 is 23.9. The molecule has 0 unspecified atom stereocenters. The molecular formula is C17H19FN4O2. The van der Waals surface area contributed by atoms with Gasteiger partial charge in [-0.2, -0.15) is 0 Å². The maximum absolute atomic E-state index is 12.9. The minimum Gasteiger partial charge on any atom is -0.457 e. The van der Waals surface area contributed by atoms with Gasteiger partial charge in [0.05, 0.1) is 25.5 Å². The van der Waals surface area contributed by atoms with Crippen LogP contribution < -0.4 is 10.5 Å². The summed E-state index contributed by atoms with van der Waals surface area (Å²) in [5, 5.41) is 0. The van der Waals surface area contributed by atoms with Gasteiger partial charge < -0.3 is 20.1 Å². The number of hydrogen-bond donors (Lipinski definition) is 1. The van der Waals surface area contributed by atoms with Crippen molar-refractivity contribution in [3.63, 3.8) is 0 Å². The van der Waals surface area contributed by atoms with Crippen LogP contribution in [0.4, 0.5) is 4.39 Å². The summed E-state index contributed by atoms with van der Waals surface area (Å²) >= 11 is 0. The molecule has 1 saturated heterocycles. The second kappa shape index (κ2) is 7.74. The van der Waals surface area contributed by atoms with Crippen molar-refractivity contribution < 1.29 is 13.9 Å². The molecule has 0 atom stereocenters. The number of ether oxygens (including phenoxy) is 2. The van der Waals surface area contributed by atoms with E-state index in [-0.39, 0.29) is 5.82 Å². The van der Waals surface area contributed by atoms with Crippen molar-refractivity contribution in [1.82, 2.24) is 9.88 Å². The Morgan fingerprint density at radius 3 is 2.71 bits per heavy atom. The highest BCUT2D eigenvalue weighted by atomic mass is 19.1. The summed E-state index contributed by atoms with van der Waals surface area (Å²) in [6, 6.07) is 9.38. The minimum atomic E-state index is -0.300. The molecule has 7 heteroatoms. The van der Waals surface area contributed by atoms with Crippen LogP contribution in [0.1, 0.15) is 5.69 Å². The fraction of sp³-hybridized carbons (Fsp3) is 0.294. The molecule has 0 aliphatic carbocycles. The van der Waals surface area contributed by atoms with Crippen molar-refractivity contribution in [1.29, 1.82) is 0 Å². The maximum Gasteiger partial charge on any atom is 0.191 e. The molecule has 0 spiro atoms. The Bertz CT molecular complexity index is 700. The number of nitrogens with two attached hydrogens (primary N) is 1. The summed E-state index contributed by atoms with van der Waals surface area (Å²) in [5.41, 5.74) is 6.74. The van der Waals surface area contributed by atoms with Crippen molar-refractivity contribution in [2.75, 3.05) is 26.3 Å². The molecule has 2 N–H and O–H groups in total. The highest BCUT2D eigenvalue weighted by molar-refractivity contribution is 5.78. The number of nitrogens with zero attached hydrogens (tertiary/aromatic N) is 3. The van der Waals surface area contributed by atoms with Gasteiger partial charge in [-0.1, -0.05) is 0 Å². The molecule has 1 fully saturated rings. The van der Waals surface area contributed by atoms with Crippen LogP contribution in [0.2, 0.25) is 0 Å². The molecule has 1 aliphatic heterocycles. The molecule has 1 aromatic heterocycles. The number of hydrogen-bond acceptors (Lipinski definition) is 4. The molecule has 0 amide bonds. The SMILES string of the molecule is NC(=NCc1cc(Oc2ccc(F)cc2)ccn1)N1CCOCC1. The zero-order chi connectivity index (χ0) is 16.8. The molecule has 0 radical (unpaired) electrons. The lowest BCUT2D eigenvalue weighted by atomic mass is 10.3. The number of rotatable bonds is 4. The second-order valence-electron chi connectivity index (χ2n) is 5.31. The summed E-state index contributed by atoms with van der Waals surface area (Å²) in [6.07, 6.45) is 1.65. The lowest BCUT2D eigenvalue weighted by Gasteiger charge is -2.27. The van der Waals surface area contributed by atoms with E-state index in [0.717, 1.165) is 18.8 Å². The minimum absolute atomic E-state index is 0.300. The fourth-order valence-electron chi connectivity index (χ4n) is 2.30. The van der Waals surface area contributed by atoms with E-state index >= 15 is 0 Å². The topological polar surface area (TPSA) is 73.0 Å². The van der Waals surface area contributed by atoms with Crippen LogP contribution in [0.3, 0.4) is 0 Å². The molecule has 3 rings (SSSR count). The van der Waals surface area contributed by atoms with E-state index in [9.17, 15) is 4.39 Å². The van der Waals surface area contributed by atoms with Gasteiger partial charge in [-0.15, -0.1) is 0 Å². The van der Waals surface area contributed by atoms with Crippen molar-refractivity contribution >= 4 is 5.96 Å². The molecule has 6 nitrogen and oxygen atoms in total. The van der Waals surface area contributed by atoms with Crippen LogP contribution in [0.25, 0.3) is 0 Å². The summed E-state index contributed by atoms with van der Waals surface area (Å²) in [6.45, 7) is 3.18. The van der Waals surface area contributed by atoms with E-state index in [4.69, 9.17) is 15.2 Å². The van der Waals surface area contributed by atoms with Gasteiger partial charge in [-0.25, -0.2) is 9.38 Å². The van der Waals surface area contributed by atoms with Crippen molar-refractivity contribution in [3.05, 3.63) is 54.1 Å². The van der Waals surface area contributed by atoms with E-state index in [1.54, 1.807) is 30.5 Å². The number of halogens is 1. The average Bonchev–Trinajstić information content (AvgIpc) is 2.63. The van der Waals surface area contributed by atoms with Crippen LogP contribution in [0.15, 0.2) is 47.6 Å². The first-order valence-electron chi connectivity index (χ1n) is 7.72. The standard InChI is InChI=1S/C17H19FN4O2/c18-13-1-3-15(4-2-13)24-16-5-6-20-14(11-16)12-21-17(19)22-7-9-23-10-8-22/h1-6,11H,7-10,12H2,(H2,19,21). The zero-order valence-electron chi connectivity index (χ0n) is 13.2. The van der Waals surface area contributed by atoms with Crippen molar-refractivity contribution in [2.45, 2.75) is 6.54 Å². The van der Waals surface area contributed by atoms with Gasteiger partial charge in [0.15, 0.2) is 5.96 Å². The Labute approximate surface area is 139 Å². The van der Waals surface area contributed by atoms with Crippen LogP contribution in [-0.4, -0.2) is 42.1 Å². The van der Waals surface area contributed by atoms with Gasteiger partial charge in [0.2, 0.25) is 0 Å². The molecule has 1 aromatic carbocycles. The highest BCUT2D eigenvalue weighted by Gasteiger charge is 2.12. The van der Waals surface area contributed by atoms with Gasteiger partial charge in [0.25, 0.3) is 0 Å². The van der Waals surface area contributed by atoms with Crippen LogP contribution >= 0.6 is 0 Å². The largest absolute Gasteiger partial charge is 0.457 e. The monoisotopic (exact) mass is 330 g/mol. The molecular weight excluding hydrogens is 311 g/mol. The molecule has 2 heterocycles. The lowest BCUT2D eigenvalue weighted by molar-refractivity contribution is 0.0674. The number of aromatic nitrogens is 1. The van der Waals surface area contributed by atoms with Crippen molar-refractivity contribution in [2.24, 2.45) is 10.7 Å². The summed E-state index contributed by atoms with van der Waals surface area (Å²) in [4.78, 5) is 10.6. The Kier molecular flexibility index (Phi) is 5.22. The zero-order valence-corrected chi connectivity index (χ0v) is 13.2. The summed E-state index contributed by atoms with van der Waals surface area (Å²) in [7, 11) is 0. The van der Waals surface area contributed by atoms with Crippen LogP contribution in [-0.2, 0) is 11.3 Å². The van der Waals surface area contributed by atoms with E-state index < -0.39 is 0 Å². The van der Waals surface area contributed by atoms with Crippen molar-refractivity contribution in [3.8, 4) is 11.5 Å². The van der Waals surface area contributed by atoms with Crippen LogP contribution in [0.5, 0.6) is 11.5 Å². The Morgan fingerprint density at radius 1 is 1.21 bits per heavy atom. The maximum atomic E-state index is 12.9. The second-order valence-corrected chi connectivity index (χ2v) is 5.31. The fourth-order valence-corrected chi connectivity index (χ4v) is 2.30. The Balaban J connectivity index is 1.63. The smallest absolute Gasteiger partial charge is 0.191 e. The number of benzene rings is 1. The van der Waals surface area contributed by atoms with Gasteiger partial charge >= 0.3 is 0 Å². The normalized spacial score (nSPS) is 15.4. The number of guanidine groups is 1. The quantitative estimate of drug-likeness (QED) is 0.687. The third-order valence-corrected chi connectivity index (χ3v) is 3.58. The number of pyridine rings is 1. The van der Waals surface area contributed by atoms with Gasteiger partial charge in [0, 0.05) is 25.4 Å². The molecule has 1 aliphatic rings. The third-order valence-electron chi connectivity index (χ3n) is 3.58. The number of morpholine rings is 1.